The van der Waals surface area contributed by atoms with Crippen molar-refractivity contribution < 1.29 is 4.74 Å². The molecule has 1 atom stereocenters. The van der Waals surface area contributed by atoms with Gasteiger partial charge in [0.2, 0.25) is 0 Å². The quantitative estimate of drug-likeness (QED) is 0.871. The van der Waals surface area contributed by atoms with E-state index in [9.17, 15) is 0 Å². The van der Waals surface area contributed by atoms with Gasteiger partial charge in [-0.1, -0.05) is 37.5 Å². The average molecular weight is 296 g/mol. The van der Waals surface area contributed by atoms with Gasteiger partial charge in [0.15, 0.2) is 0 Å². The zero-order valence-corrected chi connectivity index (χ0v) is 13.3. The summed E-state index contributed by atoms with van der Waals surface area (Å²) >= 11 is 0. The summed E-state index contributed by atoms with van der Waals surface area (Å²) in [4.78, 5) is 0. The SMILES string of the molecule is COc1ccc([C@H](C)N)c(/C=C/C2CCCCC2)c1.Cl. The lowest BCUT2D eigenvalue weighted by Crippen LogP contribution is -2.07. The predicted octanol–water partition coefficient (Wildman–Crippen LogP) is 4.73. The molecule has 0 aromatic heterocycles. The van der Waals surface area contributed by atoms with Crippen LogP contribution in [0.2, 0.25) is 0 Å². The van der Waals surface area contributed by atoms with E-state index >= 15 is 0 Å². The van der Waals surface area contributed by atoms with Gasteiger partial charge in [-0.3, -0.25) is 0 Å². The number of hydrogen-bond donors (Lipinski definition) is 1. The summed E-state index contributed by atoms with van der Waals surface area (Å²) < 4.78 is 5.31. The molecule has 1 fully saturated rings. The van der Waals surface area contributed by atoms with Gasteiger partial charge in [0.25, 0.3) is 0 Å². The van der Waals surface area contributed by atoms with Crippen LogP contribution in [0.1, 0.15) is 56.2 Å². The van der Waals surface area contributed by atoms with Crippen molar-refractivity contribution in [1.82, 2.24) is 0 Å². The van der Waals surface area contributed by atoms with E-state index in [-0.39, 0.29) is 18.4 Å². The lowest BCUT2D eigenvalue weighted by Gasteiger charge is -2.18. The highest BCUT2D eigenvalue weighted by molar-refractivity contribution is 5.85. The first-order valence-corrected chi connectivity index (χ1v) is 7.32. The number of nitrogens with two attached hydrogens (primary N) is 1. The van der Waals surface area contributed by atoms with Crippen LogP contribution in [-0.4, -0.2) is 7.11 Å². The maximum absolute atomic E-state index is 6.04. The largest absolute Gasteiger partial charge is 0.497 e. The van der Waals surface area contributed by atoms with Gasteiger partial charge in [0, 0.05) is 6.04 Å². The Labute approximate surface area is 128 Å². The van der Waals surface area contributed by atoms with Crippen LogP contribution < -0.4 is 10.5 Å². The van der Waals surface area contributed by atoms with Gasteiger partial charge in [0.1, 0.15) is 5.75 Å². The molecular weight excluding hydrogens is 270 g/mol. The number of ether oxygens (including phenoxy) is 1. The van der Waals surface area contributed by atoms with E-state index < -0.39 is 0 Å². The number of benzene rings is 1. The van der Waals surface area contributed by atoms with E-state index in [4.69, 9.17) is 10.5 Å². The zero-order valence-electron chi connectivity index (χ0n) is 12.5. The first kappa shape index (κ1) is 17.1. The normalized spacial score (nSPS) is 17.8. The molecule has 1 saturated carbocycles. The van der Waals surface area contributed by atoms with Gasteiger partial charge in [-0.2, -0.15) is 0 Å². The fourth-order valence-corrected chi connectivity index (χ4v) is 2.81. The van der Waals surface area contributed by atoms with E-state index in [1.165, 1.54) is 43.2 Å². The van der Waals surface area contributed by atoms with Crippen molar-refractivity contribution >= 4 is 18.5 Å². The van der Waals surface area contributed by atoms with Crippen molar-refractivity contribution in [2.24, 2.45) is 11.7 Å². The van der Waals surface area contributed by atoms with Crippen LogP contribution in [0.25, 0.3) is 6.08 Å². The highest BCUT2D eigenvalue weighted by Gasteiger charge is 2.11. The molecule has 0 heterocycles. The van der Waals surface area contributed by atoms with Crippen LogP contribution in [0.5, 0.6) is 5.75 Å². The van der Waals surface area contributed by atoms with Crippen molar-refractivity contribution in [2.45, 2.75) is 45.1 Å². The highest BCUT2D eigenvalue weighted by Crippen LogP contribution is 2.27. The third-order valence-electron chi connectivity index (χ3n) is 3.98. The Balaban J connectivity index is 0.00000200. The summed E-state index contributed by atoms with van der Waals surface area (Å²) in [5.41, 5.74) is 8.42. The van der Waals surface area contributed by atoms with E-state index in [0.717, 1.165) is 11.7 Å². The van der Waals surface area contributed by atoms with Gasteiger partial charge in [-0.15, -0.1) is 12.4 Å². The average Bonchev–Trinajstić information content (AvgIpc) is 2.45. The highest BCUT2D eigenvalue weighted by atomic mass is 35.5. The molecule has 0 saturated heterocycles. The van der Waals surface area contributed by atoms with Crippen LogP contribution in [0.3, 0.4) is 0 Å². The lowest BCUT2D eigenvalue weighted by atomic mass is 9.88. The number of rotatable bonds is 4. The number of hydrogen-bond acceptors (Lipinski definition) is 2. The number of methoxy groups -OCH3 is 1. The van der Waals surface area contributed by atoms with Gasteiger partial charge in [0.05, 0.1) is 7.11 Å². The van der Waals surface area contributed by atoms with Crippen LogP contribution in [0.4, 0.5) is 0 Å². The van der Waals surface area contributed by atoms with Gasteiger partial charge >= 0.3 is 0 Å². The Morgan fingerprint density at radius 3 is 2.55 bits per heavy atom. The summed E-state index contributed by atoms with van der Waals surface area (Å²) in [6.07, 6.45) is 11.4. The summed E-state index contributed by atoms with van der Waals surface area (Å²) in [6.45, 7) is 2.03. The second kappa shape index (κ2) is 8.33. The van der Waals surface area contributed by atoms with E-state index in [2.05, 4.69) is 24.3 Å². The van der Waals surface area contributed by atoms with Crippen LogP contribution in [0.15, 0.2) is 24.3 Å². The summed E-state index contributed by atoms with van der Waals surface area (Å²) in [6, 6.07) is 6.19. The molecule has 2 rings (SSSR count). The molecule has 0 aliphatic heterocycles. The minimum absolute atomic E-state index is 0. The lowest BCUT2D eigenvalue weighted by molar-refractivity contribution is 0.414. The Morgan fingerprint density at radius 2 is 1.95 bits per heavy atom. The molecule has 1 aromatic rings. The fraction of sp³-hybridized carbons (Fsp3) is 0.529. The van der Waals surface area contributed by atoms with E-state index in [1.807, 2.05) is 13.0 Å². The molecule has 20 heavy (non-hydrogen) atoms. The van der Waals surface area contributed by atoms with Crippen LogP contribution in [-0.2, 0) is 0 Å². The number of allylic oxidation sites excluding steroid dienone is 1. The Kier molecular flexibility index (Phi) is 7.11. The maximum atomic E-state index is 6.04. The van der Waals surface area contributed by atoms with E-state index in [1.54, 1.807) is 7.11 Å². The molecule has 1 aliphatic carbocycles. The Hall–Kier alpha value is -0.990. The van der Waals surface area contributed by atoms with Crippen molar-refractivity contribution in [3.8, 4) is 5.75 Å². The topological polar surface area (TPSA) is 35.2 Å². The van der Waals surface area contributed by atoms with Crippen molar-refractivity contribution in [1.29, 1.82) is 0 Å². The number of halogens is 1. The molecule has 0 spiro atoms. The van der Waals surface area contributed by atoms with Gasteiger partial charge in [-0.05, 0) is 48.9 Å². The van der Waals surface area contributed by atoms with Crippen molar-refractivity contribution in [3.05, 3.63) is 35.4 Å². The second-order valence-electron chi connectivity index (χ2n) is 5.54. The summed E-state index contributed by atoms with van der Waals surface area (Å²) in [5, 5.41) is 0. The maximum Gasteiger partial charge on any atom is 0.119 e. The predicted molar refractivity (Wildman–Crippen MR) is 88.5 cm³/mol. The molecule has 112 valence electrons. The molecule has 2 nitrogen and oxygen atoms in total. The second-order valence-corrected chi connectivity index (χ2v) is 5.54. The van der Waals surface area contributed by atoms with Crippen LogP contribution >= 0.6 is 12.4 Å². The van der Waals surface area contributed by atoms with Crippen molar-refractivity contribution in [2.75, 3.05) is 7.11 Å². The summed E-state index contributed by atoms with van der Waals surface area (Å²) in [7, 11) is 1.70. The molecule has 0 unspecified atom stereocenters. The first-order chi connectivity index (χ1) is 9.20. The fourth-order valence-electron chi connectivity index (χ4n) is 2.81. The molecule has 2 N–H and O–H groups in total. The molecule has 1 aliphatic rings. The molecule has 0 radical (unpaired) electrons. The third-order valence-corrected chi connectivity index (χ3v) is 3.98. The zero-order chi connectivity index (χ0) is 13.7. The Morgan fingerprint density at radius 1 is 1.25 bits per heavy atom. The molecule has 0 bridgehead atoms. The minimum Gasteiger partial charge on any atom is -0.497 e. The molecular formula is C17H26ClNO. The minimum atomic E-state index is 0. The van der Waals surface area contributed by atoms with Crippen molar-refractivity contribution in [3.63, 3.8) is 0 Å². The third kappa shape index (κ3) is 4.53. The Bertz CT molecular complexity index is 437. The first-order valence-electron chi connectivity index (χ1n) is 7.32. The van der Waals surface area contributed by atoms with Gasteiger partial charge < -0.3 is 10.5 Å². The van der Waals surface area contributed by atoms with Gasteiger partial charge in [-0.25, -0.2) is 0 Å². The smallest absolute Gasteiger partial charge is 0.119 e. The monoisotopic (exact) mass is 295 g/mol. The molecule has 0 amide bonds. The molecule has 3 heteroatoms. The van der Waals surface area contributed by atoms with E-state index in [0.29, 0.717) is 0 Å². The molecule has 1 aromatic carbocycles. The standard InChI is InChI=1S/C17H25NO.ClH/c1-13(18)17-11-10-16(19-2)12-15(17)9-8-14-6-4-3-5-7-14;/h8-14H,3-7,18H2,1-2H3;1H/b9-8+;/t13-;/m0./s1. The summed E-state index contributed by atoms with van der Waals surface area (Å²) in [5.74, 6) is 1.63. The van der Waals surface area contributed by atoms with Crippen LogP contribution in [0, 0.1) is 5.92 Å².